The van der Waals surface area contributed by atoms with Gasteiger partial charge in [-0.15, -0.1) is 0 Å². The van der Waals surface area contributed by atoms with E-state index in [9.17, 15) is 19.8 Å². The second kappa shape index (κ2) is 4.25. The molecule has 1 rings (SSSR count). The van der Waals surface area contributed by atoms with Crippen LogP contribution in [-0.2, 0) is 9.59 Å². The Kier molecular flexibility index (Phi) is 3.28. The summed E-state index contributed by atoms with van der Waals surface area (Å²) in [6.07, 6.45) is 2.80. The van der Waals surface area contributed by atoms with Crippen molar-refractivity contribution in [2.45, 2.75) is 32.1 Å². The Labute approximate surface area is 76.6 Å². The average Bonchev–Trinajstić information content (AvgIpc) is 2.03. The summed E-state index contributed by atoms with van der Waals surface area (Å²) in [4.78, 5) is 20.9. The number of hydrogen-bond acceptors (Lipinski definition) is 4. The summed E-state index contributed by atoms with van der Waals surface area (Å²) in [5, 5.41) is 20.9. The molecule has 4 heteroatoms. The molecule has 4 nitrogen and oxygen atoms in total. The van der Waals surface area contributed by atoms with Crippen LogP contribution in [0.2, 0.25) is 0 Å². The minimum atomic E-state index is -1.17. The van der Waals surface area contributed by atoms with Crippen LogP contribution in [0.3, 0.4) is 0 Å². The van der Waals surface area contributed by atoms with Crippen molar-refractivity contribution in [3.05, 3.63) is 0 Å². The fraction of sp³-hybridized carbons (Fsp3) is 0.778. The molecule has 2 unspecified atom stereocenters. The largest absolute Gasteiger partial charge is 0.550 e. The van der Waals surface area contributed by atoms with Crippen molar-refractivity contribution < 1.29 is 19.8 Å². The van der Waals surface area contributed by atoms with Gasteiger partial charge in [-0.2, -0.15) is 0 Å². The maximum absolute atomic E-state index is 10.6. The summed E-state index contributed by atoms with van der Waals surface area (Å²) >= 11 is 0. The van der Waals surface area contributed by atoms with Gasteiger partial charge in [-0.1, -0.05) is 12.8 Å². The molecule has 0 heterocycles. The minimum absolute atomic E-state index is 0.154. The molecule has 0 amide bonds. The van der Waals surface area contributed by atoms with E-state index in [1.807, 2.05) is 0 Å². The molecule has 1 aliphatic carbocycles. The summed E-state index contributed by atoms with van der Waals surface area (Å²) in [5.74, 6) is -3.17. The molecule has 74 valence electrons. The van der Waals surface area contributed by atoms with Gasteiger partial charge in [0.15, 0.2) is 0 Å². The first-order chi connectivity index (χ1) is 6.11. The Balaban J connectivity index is 2.56. The van der Waals surface area contributed by atoms with Gasteiger partial charge in [-0.05, 0) is 25.2 Å². The Morgan fingerprint density at radius 1 is 1.15 bits per heavy atom. The summed E-state index contributed by atoms with van der Waals surface area (Å²) in [7, 11) is 0. The van der Waals surface area contributed by atoms with E-state index >= 15 is 0 Å². The first-order valence-corrected chi connectivity index (χ1v) is 4.52. The van der Waals surface area contributed by atoms with Crippen molar-refractivity contribution in [2.24, 2.45) is 11.8 Å². The zero-order valence-corrected chi connectivity index (χ0v) is 7.32. The summed E-state index contributed by atoms with van der Waals surface area (Å²) in [5.41, 5.74) is 0. The molecule has 0 N–H and O–H groups in total. The molecular formula is C9H12O4-2. The molecule has 0 bridgehead atoms. The van der Waals surface area contributed by atoms with Crippen LogP contribution in [-0.4, -0.2) is 11.9 Å². The van der Waals surface area contributed by atoms with Gasteiger partial charge in [0.25, 0.3) is 0 Å². The van der Waals surface area contributed by atoms with Crippen LogP contribution >= 0.6 is 0 Å². The highest BCUT2D eigenvalue weighted by molar-refractivity contribution is 5.70. The van der Waals surface area contributed by atoms with Crippen molar-refractivity contribution in [1.29, 1.82) is 0 Å². The van der Waals surface area contributed by atoms with Crippen molar-refractivity contribution in [3.8, 4) is 0 Å². The van der Waals surface area contributed by atoms with Gasteiger partial charge in [-0.25, -0.2) is 0 Å². The van der Waals surface area contributed by atoms with E-state index in [-0.39, 0.29) is 12.3 Å². The van der Waals surface area contributed by atoms with Crippen LogP contribution < -0.4 is 10.2 Å². The number of carboxylic acid groups (broad SMARTS) is 2. The molecule has 1 saturated carbocycles. The topological polar surface area (TPSA) is 80.3 Å². The summed E-state index contributed by atoms with van der Waals surface area (Å²) in [6, 6.07) is 0. The molecular weight excluding hydrogens is 172 g/mol. The second-order valence-corrected chi connectivity index (χ2v) is 3.55. The number of carbonyl (C=O) groups excluding carboxylic acids is 2. The van der Waals surface area contributed by atoms with Crippen LogP contribution in [0.4, 0.5) is 0 Å². The predicted molar refractivity (Wildman–Crippen MR) is 40.1 cm³/mol. The van der Waals surface area contributed by atoms with Gasteiger partial charge in [0.1, 0.15) is 0 Å². The molecule has 0 spiro atoms. The highest BCUT2D eigenvalue weighted by Gasteiger charge is 2.25. The third kappa shape index (κ3) is 2.72. The highest BCUT2D eigenvalue weighted by Crippen LogP contribution is 2.31. The summed E-state index contributed by atoms with van der Waals surface area (Å²) < 4.78 is 0. The molecule has 2 atom stereocenters. The second-order valence-electron chi connectivity index (χ2n) is 3.55. The normalized spacial score (nSPS) is 28.3. The number of aliphatic carboxylic acids is 2. The number of hydrogen-bond donors (Lipinski definition) is 0. The van der Waals surface area contributed by atoms with E-state index < -0.39 is 17.9 Å². The molecule has 13 heavy (non-hydrogen) atoms. The SMILES string of the molecule is O=C([O-])CC1CCCCC1C(=O)[O-]. The fourth-order valence-electron chi connectivity index (χ4n) is 1.98. The third-order valence-corrected chi connectivity index (χ3v) is 2.64. The first kappa shape index (κ1) is 10.0. The third-order valence-electron chi connectivity index (χ3n) is 2.64. The molecule has 0 aromatic rings. The first-order valence-electron chi connectivity index (χ1n) is 4.52. The average molecular weight is 184 g/mol. The fourth-order valence-corrected chi connectivity index (χ4v) is 1.98. The Morgan fingerprint density at radius 2 is 1.77 bits per heavy atom. The lowest BCUT2D eigenvalue weighted by atomic mass is 9.77. The molecule has 1 fully saturated rings. The van der Waals surface area contributed by atoms with Crippen LogP contribution in [0.15, 0.2) is 0 Å². The highest BCUT2D eigenvalue weighted by atomic mass is 16.4. The quantitative estimate of drug-likeness (QED) is 0.545. The number of carbonyl (C=O) groups is 2. The molecule has 0 radical (unpaired) electrons. The maximum Gasteiger partial charge on any atom is 0.0448 e. The van der Waals surface area contributed by atoms with Crippen molar-refractivity contribution >= 4 is 11.9 Å². The predicted octanol–water partition coefficient (Wildman–Crippen LogP) is -1.32. The lowest BCUT2D eigenvalue weighted by Gasteiger charge is -2.32. The molecule has 0 aromatic carbocycles. The minimum Gasteiger partial charge on any atom is -0.550 e. The Bertz CT molecular complexity index is 212. The monoisotopic (exact) mass is 184 g/mol. The number of carboxylic acids is 2. The van der Waals surface area contributed by atoms with Crippen LogP contribution in [0.25, 0.3) is 0 Å². The maximum atomic E-state index is 10.6. The van der Waals surface area contributed by atoms with Gasteiger partial charge in [-0.3, -0.25) is 0 Å². The molecule has 0 aliphatic heterocycles. The van der Waals surface area contributed by atoms with E-state index in [0.29, 0.717) is 12.8 Å². The lowest BCUT2D eigenvalue weighted by molar-refractivity contribution is -0.316. The Hall–Kier alpha value is -1.06. The van der Waals surface area contributed by atoms with Crippen LogP contribution in [0, 0.1) is 11.8 Å². The van der Waals surface area contributed by atoms with E-state index in [0.717, 1.165) is 12.8 Å². The van der Waals surface area contributed by atoms with Crippen molar-refractivity contribution in [3.63, 3.8) is 0 Å². The van der Waals surface area contributed by atoms with Crippen LogP contribution in [0.5, 0.6) is 0 Å². The zero-order valence-electron chi connectivity index (χ0n) is 7.32. The number of rotatable bonds is 3. The lowest BCUT2D eigenvalue weighted by Crippen LogP contribution is -2.40. The van der Waals surface area contributed by atoms with Gasteiger partial charge in [0.2, 0.25) is 0 Å². The van der Waals surface area contributed by atoms with Gasteiger partial charge >= 0.3 is 0 Å². The van der Waals surface area contributed by atoms with Crippen LogP contribution in [0.1, 0.15) is 32.1 Å². The zero-order chi connectivity index (χ0) is 9.84. The van der Waals surface area contributed by atoms with E-state index in [4.69, 9.17) is 0 Å². The van der Waals surface area contributed by atoms with Gasteiger partial charge < -0.3 is 19.8 Å². The Morgan fingerprint density at radius 3 is 2.31 bits per heavy atom. The van der Waals surface area contributed by atoms with Gasteiger partial charge in [0.05, 0.1) is 0 Å². The molecule has 0 aromatic heterocycles. The van der Waals surface area contributed by atoms with E-state index in [1.165, 1.54) is 0 Å². The van der Waals surface area contributed by atoms with Gasteiger partial charge in [0, 0.05) is 17.9 Å². The summed E-state index contributed by atoms with van der Waals surface area (Å²) in [6.45, 7) is 0. The smallest absolute Gasteiger partial charge is 0.0448 e. The van der Waals surface area contributed by atoms with E-state index in [2.05, 4.69) is 0 Å². The molecule has 0 saturated heterocycles. The van der Waals surface area contributed by atoms with Crippen molar-refractivity contribution in [2.75, 3.05) is 0 Å². The van der Waals surface area contributed by atoms with Crippen molar-refractivity contribution in [1.82, 2.24) is 0 Å². The molecule has 1 aliphatic rings. The standard InChI is InChI=1S/C9H14O4/c10-8(11)5-6-3-1-2-4-7(6)9(12)13/h6-7H,1-5H2,(H,10,11)(H,12,13)/p-2. The van der Waals surface area contributed by atoms with E-state index in [1.54, 1.807) is 0 Å².